The van der Waals surface area contributed by atoms with Crippen molar-refractivity contribution in [1.29, 1.82) is 0 Å². The molecule has 0 radical (unpaired) electrons. The van der Waals surface area contributed by atoms with E-state index in [0.717, 1.165) is 12.8 Å². The molecular weight excluding hydrogens is 328 g/mol. The highest BCUT2D eigenvalue weighted by molar-refractivity contribution is 5.96. The van der Waals surface area contributed by atoms with Gasteiger partial charge in [-0.1, -0.05) is 0 Å². The van der Waals surface area contributed by atoms with Gasteiger partial charge in [0.25, 0.3) is 11.8 Å². The van der Waals surface area contributed by atoms with Gasteiger partial charge in [-0.25, -0.2) is 0 Å². The Morgan fingerprint density at radius 3 is 2.60 bits per heavy atom. The third-order valence-corrected chi connectivity index (χ3v) is 3.66. The molecular formula is C17H22N2O6. The number of benzene rings is 1. The molecule has 1 fully saturated rings. The Balaban J connectivity index is 1.62. The van der Waals surface area contributed by atoms with Crippen molar-refractivity contribution in [2.75, 3.05) is 33.4 Å². The van der Waals surface area contributed by atoms with Crippen molar-refractivity contribution in [3.05, 3.63) is 29.8 Å². The minimum absolute atomic E-state index is 0.0310. The highest BCUT2D eigenvalue weighted by atomic mass is 16.5. The molecule has 8 heteroatoms. The normalized spacial score (nSPS) is 16.1. The van der Waals surface area contributed by atoms with E-state index in [4.69, 9.17) is 14.2 Å². The summed E-state index contributed by atoms with van der Waals surface area (Å²) in [5.41, 5.74) is 0.392. The second kappa shape index (κ2) is 9.63. The van der Waals surface area contributed by atoms with E-state index >= 15 is 0 Å². The largest absolute Gasteiger partial charge is 0.497 e. The van der Waals surface area contributed by atoms with Crippen molar-refractivity contribution in [2.45, 2.75) is 18.9 Å². The number of rotatable bonds is 8. The molecule has 2 rings (SSSR count). The van der Waals surface area contributed by atoms with E-state index in [1.807, 2.05) is 0 Å². The number of hydrogen-bond donors (Lipinski definition) is 2. The molecule has 1 aromatic rings. The first-order valence-electron chi connectivity index (χ1n) is 8.04. The van der Waals surface area contributed by atoms with Crippen molar-refractivity contribution in [3.8, 4) is 5.75 Å². The number of esters is 1. The zero-order valence-electron chi connectivity index (χ0n) is 14.1. The molecule has 2 N–H and O–H groups in total. The van der Waals surface area contributed by atoms with Crippen LogP contribution in [0.15, 0.2) is 24.3 Å². The number of ether oxygens (including phenoxy) is 3. The second-order valence-electron chi connectivity index (χ2n) is 5.51. The Kier molecular flexibility index (Phi) is 7.21. The summed E-state index contributed by atoms with van der Waals surface area (Å²) in [5.74, 6) is -0.869. The van der Waals surface area contributed by atoms with Crippen molar-refractivity contribution < 1.29 is 28.6 Å². The van der Waals surface area contributed by atoms with E-state index in [0.29, 0.717) is 24.5 Å². The Hall–Kier alpha value is -2.61. The van der Waals surface area contributed by atoms with Gasteiger partial charge >= 0.3 is 5.97 Å². The van der Waals surface area contributed by atoms with Crippen LogP contribution in [-0.4, -0.2) is 57.3 Å². The molecule has 1 heterocycles. The predicted molar refractivity (Wildman–Crippen MR) is 88.3 cm³/mol. The smallest absolute Gasteiger partial charge is 0.325 e. The first-order chi connectivity index (χ1) is 12.1. The highest BCUT2D eigenvalue weighted by Gasteiger charge is 2.17. The first-order valence-corrected chi connectivity index (χ1v) is 8.04. The molecule has 1 aliphatic heterocycles. The van der Waals surface area contributed by atoms with Crippen molar-refractivity contribution in [3.63, 3.8) is 0 Å². The minimum Gasteiger partial charge on any atom is -0.497 e. The Labute approximate surface area is 145 Å². The van der Waals surface area contributed by atoms with Crippen LogP contribution in [-0.2, 0) is 19.1 Å². The van der Waals surface area contributed by atoms with E-state index in [1.165, 1.54) is 7.11 Å². The molecule has 25 heavy (non-hydrogen) atoms. The third kappa shape index (κ3) is 6.42. The molecule has 2 amide bonds. The zero-order valence-corrected chi connectivity index (χ0v) is 14.1. The third-order valence-electron chi connectivity index (χ3n) is 3.66. The molecule has 0 aliphatic carbocycles. The van der Waals surface area contributed by atoms with Crippen molar-refractivity contribution in [1.82, 2.24) is 10.6 Å². The molecule has 1 aliphatic rings. The van der Waals surface area contributed by atoms with Crippen LogP contribution in [0.2, 0.25) is 0 Å². The number of carbonyl (C=O) groups is 3. The van der Waals surface area contributed by atoms with E-state index in [9.17, 15) is 14.4 Å². The van der Waals surface area contributed by atoms with Crippen LogP contribution >= 0.6 is 0 Å². The summed E-state index contributed by atoms with van der Waals surface area (Å²) in [4.78, 5) is 35.0. The molecule has 0 spiro atoms. The maximum Gasteiger partial charge on any atom is 0.325 e. The highest BCUT2D eigenvalue weighted by Crippen LogP contribution is 2.11. The number of methoxy groups -OCH3 is 1. The van der Waals surface area contributed by atoms with Crippen LogP contribution in [0.25, 0.3) is 0 Å². The SMILES string of the molecule is COc1ccc(C(=O)NCC(=O)OCC(=O)NC[C@@H]2CCCO2)cc1. The van der Waals surface area contributed by atoms with E-state index in [-0.39, 0.29) is 19.3 Å². The van der Waals surface area contributed by atoms with Gasteiger partial charge in [-0.2, -0.15) is 0 Å². The Morgan fingerprint density at radius 1 is 1.20 bits per heavy atom. The number of amides is 2. The van der Waals surface area contributed by atoms with E-state index < -0.39 is 17.8 Å². The van der Waals surface area contributed by atoms with Gasteiger partial charge in [0.15, 0.2) is 6.61 Å². The van der Waals surface area contributed by atoms with Crippen molar-refractivity contribution in [2.24, 2.45) is 0 Å². The van der Waals surface area contributed by atoms with Crippen LogP contribution < -0.4 is 15.4 Å². The molecule has 0 unspecified atom stereocenters. The van der Waals surface area contributed by atoms with Gasteiger partial charge in [0, 0.05) is 18.7 Å². The molecule has 0 aromatic heterocycles. The summed E-state index contributed by atoms with van der Waals surface area (Å²) in [5, 5.41) is 5.07. The summed E-state index contributed by atoms with van der Waals surface area (Å²) in [7, 11) is 1.53. The molecule has 1 aromatic carbocycles. The molecule has 8 nitrogen and oxygen atoms in total. The summed E-state index contributed by atoms with van der Waals surface area (Å²) in [6.45, 7) is 0.418. The average molecular weight is 350 g/mol. The fourth-order valence-corrected chi connectivity index (χ4v) is 2.28. The van der Waals surface area contributed by atoms with Crippen LogP contribution in [0.3, 0.4) is 0 Å². The molecule has 0 saturated carbocycles. The van der Waals surface area contributed by atoms with Crippen LogP contribution in [0, 0.1) is 0 Å². The lowest BCUT2D eigenvalue weighted by Crippen LogP contribution is -2.36. The predicted octanol–water partition coefficient (Wildman–Crippen LogP) is 0.263. The quantitative estimate of drug-likeness (QED) is 0.652. The minimum atomic E-state index is -0.686. The maximum absolute atomic E-state index is 11.9. The number of carbonyl (C=O) groups excluding carboxylic acids is 3. The lowest BCUT2D eigenvalue weighted by atomic mass is 10.2. The molecule has 136 valence electrons. The fourth-order valence-electron chi connectivity index (χ4n) is 2.28. The standard InChI is InChI=1S/C17H22N2O6/c1-23-13-6-4-12(5-7-13)17(22)19-10-16(21)25-11-15(20)18-9-14-3-2-8-24-14/h4-7,14H,2-3,8-11H2,1H3,(H,18,20)(H,19,22)/t14-/m0/s1. The topological polar surface area (TPSA) is 103 Å². The molecule has 1 saturated heterocycles. The Morgan fingerprint density at radius 2 is 1.96 bits per heavy atom. The van der Waals surface area contributed by atoms with Crippen LogP contribution in [0.1, 0.15) is 23.2 Å². The Bertz CT molecular complexity index is 596. The summed E-state index contributed by atoms with van der Waals surface area (Å²) in [6, 6.07) is 6.45. The summed E-state index contributed by atoms with van der Waals surface area (Å²) < 4.78 is 15.2. The monoisotopic (exact) mass is 350 g/mol. The van der Waals surface area contributed by atoms with Crippen LogP contribution in [0.4, 0.5) is 0 Å². The molecule has 1 atom stereocenters. The van der Waals surface area contributed by atoms with Crippen LogP contribution in [0.5, 0.6) is 5.75 Å². The molecule has 0 bridgehead atoms. The maximum atomic E-state index is 11.9. The fraction of sp³-hybridized carbons (Fsp3) is 0.471. The average Bonchev–Trinajstić information content (AvgIpc) is 3.16. The van der Waals surface area contributed by atoms with Crippen molar-refractivity contribution >= 4 is 17.8 Å². The summed E-state index contributed by atoms with van der Waals surface area (Å²) >= 11 is 0. The lowest BCUT2D eigenvalue weighted by molar-refractivity contribution is -0.147. The number of hydrogen-bond acceptors (Lipinski definition) is 6. The van der Waals surface area contributed by atoms with E-state index in [1.54, 1.807) is 24.3 Å². The lowest BCUT2D eigenvalue weighted by Gasteiger charge is -2.11. The van der Waals surface area contributed by atoms with Gasteiger partial charge in [-0.3, -0.25) is 14.4 Å². The summed E-state index contributed by atoms with van der Waals surface area (Å²) in [6.07, 6.45) is 1.93. The van der Waals surface area contributed by atoms with Gasteiger partial charge in [-0.15, -0.1) is 0 Å². The zero-order chi connectivity index (χ0) is 18.1. The van der Waals surface area contributed by atoms with Gasteiger partial charge in [-0.05, 0) is 37.1 Å². The second-order valence-corrected chi connectivity index (χ2v) is 5.51. The van der Waals surface area contributed by atoms with Gasteiger partial charge < -0.3 is 24.8 Å². The van der Waals surface area contributed by atoms with Gasteiger partial charge in [0.2, 0.25) is 0 Å². The van der Waals surface area contributed by atoms with Gasteiger partial charge in [0.1, 0.15) is 12.3 Å². The van der Waals surface area contributed by atoms with Gasteiger partial charge in [0.05, 0.1) is 13.2 Å². The number of nitrogens with one attached hydrogen (secondary N) is 2. The van der Waals surface area contributed by atoms with E-state index in [2.05, 4.69) is 10.6 Å². The first kappa shape index (κ1) is 18.7.